The van der Waals surface area contributed by atoms with Crippen LogP contribution in [-0.2, 0) is 0 Å². The van der Waals surface area contributed by atoms with E-state index in [1.54, 1.807) is 0 Å². The zero-order valence-corrected chi connectivity index (χ0v) is 56.0. The van der Waals surface area contributed by atoms with Crippen molar-refractivity contribution in [1.29, 1.82) is 0 Å². The van der Waals surface area contributed by atoms with Gasteiger partial charge in [0.2, 0.25) is 0 Å². The van der Waals surface area contributed by atoms with Crippen LogP contribution in [0.3, 0.4) is 0 Å². The van der Waals surface area contributed by atoms with E-state index in [1.807, 2.05) is 0 Å². The third-order valence-corrected chi connectivity index (χ3v) is 21.6. The lowest BCUT2D eigenvalue weighted by molar-refractivity contribution is 1.56. The van der Waals surface area contributed by atoms with Gasteiger partial charge in [0.1, 0.15) is 0 Å². The number of hydrogen-bond donors (Lipinski definition) is 0. The molecule has 0 amide bonds. The lowest BCUT2D eigenvalue weighted by Crippen LogP contribution is -1.95. The summed E-state index contributed by atoms with van der Waals surface area (Å²) in [5.41, 5.74) is 23.6. The molecule has 20 aromatic carbocycles. The van der Waals surface area contributed by atoms with Crippen LogP contribution in [0.15, 0.2) is 388 Å². The molecule has 472 valence electrons. The Morgan fingerprint density at radius 1 is 0.108 bits per heavy atom. The van der Waals surface area contributed by atoms with E-state index in [9.17, 15) is 0 Å². The van der Waals surface area contributed by atoms with Crippen molar-refractivity contribution in [2.45, 2.75) is 0 Å². The Labute approximate surface area is 592 Å². The second-order valence-corrected chi connectivity index (χ2v) is 27.3. The van der Waals surface area contributed by atoms with Gasteiger partial charge in [-0.3, -0.25) is 0 Å². The van der Waals surface area contributed by atoms with Crippen LogP contribution in [0.2, 0.25) is 0 Å². The quantitative estimate of drug-likeness (QED) is 0.120. The molecule has 20 rings (SSSR count). The van der Waals surface area contributed by atoms with Crippen molar-refractivity contribution in [3.63, 3.8) is 0 Å². The van der Waals surface area contributed by atoms with Crippen molar-refractivity contribution in [1.82, 2.24) is 0 Å². The van der Waals surface area contributed by atoms with Crippen molar-refractivity contribution < 1.29 is 0 Å². The first-order valence-electron chi connectivity index (χ1n) is 35.4. The van der Waals surface area contributed by atoms with E-state index in [-0.39, 0.29) is 0 Å². The second-order valence-electron chi connectivity index (χ2n) is 27.3. The van der Waals surface area contributed by atoms with Crippen LogP contribution in [0.5, 0.6) is 0 Å². The monoisotopic (exact) mass is 1290 g/mol. The van der Waals surface area contributed by atoms with Gasteiger partial charge in [-0.05, 0) is 263 Å². The van der Waals surface area contributed by atoms with Gasteiger partial charge in [0, 0.05) is 0 Å². The van der Waals surface area contributed by atoms with Gasteiger partial charge in [-0.15, -0.1) is 0 Å². The molecule has 0 aromatic heterocycles. The van der Waals surface area contributed by atoms with Crippen LogP contribution in [-0.4, -0.2) is 0 Å². The highest BCUT2D eigenvalue weighted by Crippen LogP contribution is 2.51. The molecular formula is C102H64. The first-order valence-corrected chi connectivity index (χ1v) is 35.4. The van der Waals surface area contributed by atoms with Crippen LogP contribution in [0, 0.1) is 0 Å². The Morgan fingerprint density at radius 3 is 0.657 bits per heavy atom. The molecule has 0 heteroatoms. The van der Waals surface area contributed by atoms with Crippen LogP contribution in [0.4, 0.5) is 0 Å². The maximum atomic E-state index is 2.50. The Hall–Kier alpha value is -13.3. The maximum Gasteiger partial charge on any atom is -0.00201 e. The molecule has 0 spiro atoms. The Morgan fingerprint density at radius 2 is 0.314 bits per heavy atom. The third-order valence-electron chi connectivity index (χ3n) is 21.6. The Balaban J connectivity index is 0.883. The van der Waals surface area contributed by atoms with Crippen molar-refractivity contribution in [2.75, 3.05) is 0 Å². The number of rotatable bonds is 10. The average molecular weight is 1290 g/mol. The molecule has 0 aliphatic rings. The standard InChI is InChI=1S/C102H64/c1-7-36-80-65(24-1)30-17-46-86(80)75-57-73(58-76(63-75)87-47-18-31-66-25-2-8-37-81(66)87)71-56-72(74-59-77(88-48-19-32-67-26-3-9-38-82(67)88)64-78(60-74)89-49-20-33-68-27-4-10-39-83(68)89)62-79(61-71)100-93-42-13-15-44-95(93)102(96-45-16-14-43-94(96)100)99-55-54-98(91-51-22-35-70-29-6-12-41-85(70)91)101-92(52-23-53-97(99)101)90-50-21-34-69-28-5-11-40-84(69)90/h1-64H. The number of benzene rings is 20. The van der Waals surface area contributed by atoms with Crippen molar-refractivity contribution in [3.05, 3.63) is 388 Å². The minimum atomic E-state index is 1.13. The smallest absolute Gasteiger partial charge is 0.00201 e. The second kappa shape index (κ2) is 24.3. The van der Waals surface area contributed by atoms with Crippen LogP contribution in [0.1, 0.15) is 0 Å². The largest absolute Gasteiger partial charge is 0.0616 e. The fraction of sp³-hybridized carbons (Fsp3) is 0. The van der Waals surface area contributed by atoms with Gasteiger partial charge in [-0.25, -0.2) is 0 Å². The lowest BCUT2D eigenvalue weighted by Gasteiger charge is -2.22. The van der Waals surface area contributed by atoms with E-state index in [4.69, 9.17) is 0 Å². The van der Waals surface area contributed by atoms with Gasteiger partial charge >= 0.3 is 0 Å². The van der Waals surface area contributed by atoms with Crippen LogP contribution >= 0.6 is 0 Å². The summed E-state index contributed by atoms with van der Waals surface area (Å²) < 4.78 is 0. The van der Waals surface area contributed by atoms with Crippen LogP contribution in [0.25, 0.3) is 208 Å². The molecule has 20 aromatic rings. The normalized spacial score (nSPS) is 11.7. The maximum absolute atomic E-state index is 2.50. The van der Waals surface area contributed by atoms with E-state index in [1.165, 1.54) is 158 Å². The summed E-state index contributed by atoms with van der Waals surface area (Å²) in [5, 5.41) is 21.9. The van der Waals surface area contributed by atoms with Crippen molar-refractivity contribution in [3.8, 4) is 111 Å². The summed E-state index contributed by atoms with van der Waals surface area (Å²) in [4.78, 5) is 0. The molecule has 0 N–H and O–H groups in total. The molecule has 102 heavy (non-hydrogen) atoms. The molecular weight excluding hydrogens is 1230 g/mol. The predicted octanol–water partition coefficient (Wildman–Crippen LogP) is 28.7. The SMILES string of the molecule is c1ccc2c(-c3cc(-c4cc(-c5cc(-c6cccc7ccccc67)cc(-c6cccc7ccccc67)c5)cc(-c5c6ccccc6c(-c6ccc(-c7cccc8ccccc78)c7c(-c8cccc9ccccc89)cccc67)c6ccccc56)c4)cc(-c4cccc5ccccc45)c3)cccc2c1. The molecule has 0 fully saturated rings. The van der Waals surface area contributed by atoms with Gasteiger partial charge in [0.05, 0.1) is 0 Å². The number of hydrogen-bond acceptors (Lipinski definition) is 0. The summed E-state index contributed by atoms with van der Waals surface area (Å²) in [6, 6.07) is 146. The van der Waals surface area contributed by atoms with Gasteiger partial charge < -0.3 is 0 Å². The van der Waals surface area contributed by atoms with Gasteiger partial charge in [-0.2, -0.15) is 0 Å². The molecule has 0 heterocycles. The van der Waals surface area contributed by atoms with E-state index in [2.05, 4.69) is 388 Å². The lowest BCUT2D eigenvalue weighted by atomic mass is 9.81. The van der Waals surface area contributed by atoms with E-state index in [0.717, 1.165) is 50.1 Å². The fourth-order valence-corrected chi connectivity index (χ4v) is 16.9. The molecule has 0 aliphatic carbocycles. The highest BCUT2D eigenvalue weighted by atomic mass is 14.3. The van der Waals surface area contributed by atoms with Crippen LogP contribution < -0.4 is 0 Å². The molecule has 0 bridgehead atoms. The first-order chi connectivity index (χ1) is 50.6. The van der Waals surface area contributed by atoms with Gasteiger partial charge in [0.25, 0.3) is 0 Å². The Bertz CT molecular complexity index is 6230. The third kappa shape index (κ3) is 9.90. The molecule has 0 nitrogen and oxygen atoms in total. The minimum absolute atomic E-state index is 1.13. The van der Waals surface area contributed by atoms with Gasteiger partial charge in [-0.1, -0.05) is 334 Å². The van der Waals surface area contributed by atoms with Gasteiger partial charge in [0.15, 0.2) is 0 Å². The Kier molecular flexibility index (Phi) is 14.0. The summed E-state index contributed by atoms with van der Waals surface area (Å²) in [5.74, 6) is 0. The topological polar surface area (TPSA) is 0 Å². The van der Waals surface area contributed by atoms with E-state index < -0.39 is 0 Å². The zero-order valence-electron chi connectivity index (χ0n) is 56.0. The zero-order chi connectivity index (χ0) is 67.2. The fourth-order valence-electron chi connectivity index (χ4n) is 16.9. The molecule has 0 radical (unpaired) electrons. The molecule has 0 saturated carbocycles. The summed E-state index contributed by atoms with van der Waals surface area (Å²) in [6.07, 6.45) is 0. The minimum Gasteiger partial charge on any atom is -0.0616 e. The van der Waals surface area contributed by atoms with E-state index in [0.29, 0.717) is 0 Å². The predicted molar refractivity (Wildman–Crippen MR) is 438 cm³/mol. The van der Waals surface area contributed by atoms with Crippen molar-refractivity contribution >= 4 is 97.0 Å². The molecule has 0 atom stereocenters. The number of fused-ring (bicyclic) bond motifs is 9. The first kappa shape index (κ1) is 58.9. The van der Waals surface area contributed by atoms with E-state index >= 15 is 0 Å². The van der Waals surface area contributed by atoms with Crippen molar-refractivity contribution in [2.24, 2.45) is 0 Å². The molecule has 0 aliphatic heterocycles. The molecule has 0 unspecified atom stereocenters. The summed E-state index contributed by atoms with van der Waals surface area (Å²) >= 11 is 0. The molecule has 0 saturated heterocycles. The summed E-state index contributed by atoms with van der Waals surface area (Å²) in [7, 11) is 0. The highest BCUT2D eigenvalue weighted by molar-refractivity contribution is 6.26. The summed E-state index contributed by atoms with van der Waals surface area (Å²) in [6.45, 7) is 0. The average Bonchev–Trinajstić information content (AvgIpc) is 0.717. The highest BCUT2D eigenvalue weighted by Gasteiger charge is 2.24.